The van der Waals surface area contributed by atoms with Gasteiger partial charge in [-0.05, 0) is 39.0 Å². The molecule has 1 N–H and O–H groups in total. The van der Waals surface area contributed by atoms with Crippen molar-refractivity contribution < 1.29 is 23.9 Å². The Balaban J connectivity index is 2.39. The smallest absolute Gasteiger partial charge is 0.293 e. The number of carbonyl (C=O) groups excluding carboxylic acids is 3. The fourth-order valence-electron chi connectivity index (χ4n) is 4.22. The van der Waals surface area contributed by atoms with Crippen LogP contribution in [0.4, 0.5) is 0 Å². The Kier molecular flexibility index (Phi) is 16.1. The summed E-state index contributed by atoms with van der Waals surface area (Å²) < 4.78 is 10.0. The summed E-state index contributed by atoms with van der Waals surface area (Å²) in [5.74, 6) is -0.0986. The minimum absolute atomic E-state index is 0.111. The zero-order valence-corrected chi connectivity index (χ0v) is 21.1. The molecule has 0 saturated heterocycles. The van der Waals surface area contributed by atoms with E-state index < -0.39 is 0 Å². The van der Waals surface area contributed by atoms with Gasteiger partial charge in [0.15, 0.2) is 5.76 Å². The topological polar surface area (TPSA) is 81.7 Å². The zero-order chi connectivity index (χ0) is 24.3. The first-order chi connectivity index (χ1) is 16.1. The van der Waals surface area contributed by atoms with Crippen LogP contribution in [-0.4, -0.2) is 38.3 Å². The fourth-order valence-corrected chi connectivity index (χ4v) is 4.22. The summed E-state index contributed by atoms with van der Waals surface area (Å²) in [6.07, 6.45) is 16.7. The van der Waals surface area contributed by atoms with Gasteiger partial charge in [-0.15, -0.1) is 0 Å². The van der Waals surface area contributed by atoms with Crippen LogP contribution in [0.15, 0.2) is 22.6 Å². The number of carbonyl (C=O) groups is 3. The average molecular weight is 464 g/mol. The highest BCUT2D eigenvalue weighted by atomic mass is 16.5. The maximum atomic E-state index is 13.1. The molecular formula is C27H45NO5. The molecule has 0 aromatic heterocycles. The number of hydrogen-bond acceptors (Lipinski definition) is 6. The molecule has 0 saturated carbocycles. The van der Waals surface area contributed by atoms with Crippen LogP contribution >= 0.6 is 0 Å². The number of ketones is 2. The maximum absolute atomic E-state index is 13.1. The molecule has 0 spiro atoms. The predicted octanol–water partition coefficient (Wildman–Crippen LogP) is 5.95. The largest absolute Gasteiger partial charge is 0.492 e. The molecule has 0 unspecified atom stereocenters. The molecule has 0 amide bonds. The van der Waals surface area contributed by atoms with E-state index in [0.29, 0.717) is 42.9 Å². The van der Waals surface area contributed by atoms with Gasteiger partial charge in [0.25, 0.3) is 6.47 Å². The van der Waals surface area contributed by atoms with Crippen molar-refractivity contribution in [2.75, 3.05) is 20.3 Å². The summed E-state index contributed by atoms with van der Waals surface area (Å²) in [6, 6.07) is 0. The summed E-state index contributed by atoms with van der Waals surface area (Å²) in [5.41, 5.74) is 1.33. The highest BCUT2D eigenvalue weighted by Crippen LogP contribution is 2.27. The quantitative estimate of drug-likeness (QED) is 0.129. The lowest BCUT2D eigenvalue weighted by Crippen LogP contribution is -2.32. The molecule has 6 nitrogen and oxygen atoms in total. The monoisotopic (exact) mass is 463 g/mol. The van der Waals surface area contributed by atoms with E-state index in [9.17, 15) is 14.4 Å². The van der Waals surface area contributed by atoms with E-state index in [4.69, 9.17) is 4.74 Å². The third kappa shape index (κ3) is 11.0. The van der Waals surface area contributed by atoms with Gasteiger partial charge in [-0.3, -0.25) is 14.4 Å². The van der Waals surface area contributed by atoms with Gasteiger partial charge in [0, 0.05) is 17.7 Å². The first-order valence-corrected chi connectivity index (χ1v) is 12.9. The van der Waals surface area contributed by atoms with Gasteiger partial charge in [0.2, 0.25) is 11.6 Å². The minimum atomic E-state index is -0.197. The van der Waals surface area contributed by atoms with Crippen LogP contribution < -0.4 is 5.32 Å². The molecule has 1 aliphatic rings. The highest BCUT2D eigenvalue weighted by molar-refractivity contribution is 6.23. The van der Waals surface area contributed by atoms with Crippen LogP contribution in [0.25, 0.3) is 0 Å². The van der Waals surface area contributed by atoms with Gasteiger partial charge in [0.05, 0.1) is 19.4 Å². The molecule has 6 heteroatoms. The predicted molar refractivity (Wildman–Crippen MR) is 132 cm³/mol. The second-order valence-electron chi connectivity index (χ2n) is 8.91. The van der Waals surface area contributed by atoms with E-state index in [2.05, 4.69) is 17.0 Å². The van der Waals surface area contributed by atoms with Gasteiger partial charge in [0.1, 0.15) is 0 Å². The Hall–Kier alpha value is -2.11. The van der Waals surface area contributed by atoms with Gasteiger partial charge in [-0.1, -0.05) is 71.1 Å². The summed E-state index contributed by atoms with van der Waals surface area (Å²) in [7, 11) is 1.47. The van der Waals surface area contributed by atoms with E-state index >= 15 is 0 Å². The van der Waals surface area contributed by atoms with Crippen LogP contribution in [0, 0.1) is 0 Å². The van der Waals surface area contributed by atoms with Crippen molar-refractivity contribution in [3.63, 3.8) is 0 Å². The summed E-state index contributed by atoms with van der Waals surface area (Å²) >= 11 is 0. The molecule has 1 aliphatic carbocycles. The van der Waals surface area contributed by atoms with Crippen molar-refractivity contribution >= 4 is 18.0 Å². The van der Waals surface area contributed by atoms with Gasteiger partial charge in [-0.2, -0.15) is 0 Å². The summed E-state index contributed by atoms with van der Waals surface area (Å²) in [4.78, 5) is 36.0. The Labute approximate surface area is 200 Å². The van der Waals surface area contributed by atoms with Crippen molar-refractivity contribution in [2.45, 2.75) is 110 Å². The van der Waals surface area contributed by atoms with E-state index in [1.54, 1.807) is 6.92 Å². The number of nitrogens with one attached hydrogen (secondary N) is 1. The second-order valence-corrected chi connectivity index (χ2v) is 8.91. The lowest BCUT2D eigenvalue weighted by molar-refractivity contribution is -0.128. The SMILES string of the molecule is CCCCCCCCCCCCCC1=C(OC)C(=O)C(C)=C(NCCCCCOC=O)C1=O. The Morgan fingerprint density at radius 1 is 0.788 bits per heavy atom. The van der Waals surface area contributed by atoms with E-state index in [1.165, 1.54) is 64.9 Å². The third-order valence-corrected chi connectivity index (χ3v) is 6.24. The molecule has 0 aromatic carbocycles. The minimum Gasteiger partial charge on any atom is -0.492 e. The zero-order valence-electron chi connectivity index (χ0n) is 21.1. The number of ether oxygens (including phenoxy) is 2. The molecule has 0 atom stereocenters. The lowest BCUT2D eigenvalue weighted by atomic mass is 9.89. The average Bonchev–Trinajstić information content (AvgIpc) is 2.82. The van der Waals surface area contributed by atoms with Crippen LogP contribution in [-0.2, 0) is 23.9 Å². The highest BCUT2D eigenvalue weighted by Gasteiger charge is 2.32. The van der Waals surface area contributed by atoms with Gasteiger partial charge < -0.3 is 14.8 Å². The molecule has 188 valence electrons. The Bertz CT molecular complexity index is 665. The summed E-state index contributed by atoms with van der Waals surface area (Å²) in [5, 5.41) is 3.17. The van der Waals surface area contributed by atoms with Gasteiger partial charge >= 0.3 is 0 Å². The molecule has 0 aromatic rings. The van der Waals surface area contributed by atoms with Crippen molar-refractivity contribution in [1.29, 1.82) is 0 Å². The number of allylic oxidation sites excluding steroid dienone is 2. The number of Topliss-reactive ketones (excluding diaryl/α,β-unsaturated/α-hetero) is 2. The fraction of sp³-hybridized carbons (Fsp3) is 0.741. The first-order valence-electron chi connectivity index (χ1n) is 12.9. The van der Waals surface area contributed by atoms with Crippen LogP contribution in [0.2, 0.25) is 0 Å². The molecule has 0 radical (unpaired) electrons. The standard InChI is InChI=1S/C27H45NO5/c1-4-5-6-7-8-9-10-11-12-13-15-18-23-26(31)24(22(2)25(30)27(23)32-3)28-19-16-14-17-20-33-21-29/h21,28H,4-20H2,1-3H3. The first kappa shape index (κ1) is 28.9. The van der Waals surface area contributed by atoms with E-state index in [1.807, 2.05) is 0 Å². The maximum Gasteiger partial charge on any atom is 0.293 e. The van der Waals surface area contributed by atoms with Crippen molar-refractivity contribution in [3.05, 3.63) is 22.6 Å². The molecule has 0 bridgehead atoms. The van der Waals surface area contributed by atoms with Crippen molar-refractivity contribution in [3.8, 4) is 0 Å². The number of rotatable bonds is 21. The molecule has 33 heavy (non-hydrogen) atoms. The molecule has 0 heterocycles. The molecule has 1 rings (SSSR count). The van der Waals surface area contributed by atoms with Crippen LogP contribution in [0.5, 0.6) is 0 Å². The Morgan fingerprint density at radius 2 is 1.36 bits per heavy atom. The number of methoxy groups -OCH3 is 1. The van der Waals surface area contributed by atoms with E-state index in [-0.39, 0.29) is 17.3 Å². The second kappa shape index (κ2) is 18.3. The molecular weight excluding hydrogens is 418 g/mol. The summed E-state index contributed by atoms with van der Waals surface area (Å²) in [6.45, 7) is 5.38. The molecule has 0 aliphatic heterocycles. The van der Waals surface area contributed by atoms with Crippen molar-refractivity contribution in [1.82, 2.24) is 5.32 Å². The van der Waals surface area contributed by atoms with E-state index in [0.717, 1.165) is 32.1 Å². The number of unbranched alkanes of at least 4 members (excludes halogenated alkanes) is 12. The normalized spacial score (nSPS) is 14.2. The third-order valence-electron chi connectivity index (χ3n) is 6.24. The number of hydrogen-bond donors (Lipinski definition) is 1. The van der Waals surface area contributed by atoms with Gasteiger partial charge in [-0.25, -0.2) is 0 Å². The van der Waals surface area contributed by atoms with Crippen molar-refractivity contribution in [2.24, 2.45) is 0 Å². The lowest BCUT2D eigenvalue weighted by Gasteiger charge is -2.22. The Morgan fingerprint density at radius 3 is 1.94 bits per heavy atom. The molecule has 0 fully saturated rings. The van der Waals surface area contributed by atoms with Crippen LogP contribution in [0.3, 0.4) is 0 Å². The van der Waals surface area contributed by atoms with Crippen LogP contribution in [0.1, 0.15) is 110 Å².